The van der Waals surface area contributed by atoms with Crippen molar-refractivity contribution < 1.29 is 8.78 Å². The largest absolute Gasteiger partial charge is 0.368 e. The monoisotopic (exact) mass is 506 g/mol. The fourth-order valence-electron chi connectivity index (χ4n) is 4.95. The first-order valence-corrected chi connectivity index (χ1v) is 12.6. The molecule has 1 aliphatic heterocycles. The molecule has 8 nitrogen and oxygen atoms in total. The van der Waals surface area contributed by atoms with Gasteiger partial charge in [0.05, 0.1) is 23.6 Å². The Morgan fingerprint density at radius 1 is 0.865 bits per heavy atom. The number of halogens is 2. The number of piperazine rings is 1. The zero-order valence-corrected chi connectivity index (χ0v) is 21.8. The minimum absolute atomic E-state index is 0.00658. The van der Waals surface area contributed by atoms with Crippen LogP contribution in [0.15, 0.2) is 36.7 Å². The highest BCUT2D eigenvalue weighted by molar-refractivity contribution is 5.83. The molecule has 4 heterocycles. The second kappa shape index (κ2) is 10.0. The van der Waals surface area contributed by atoms with Crippen LogP contribution in [0.25, 0.3) is 22.3 Å². The predicted molar refractivity (Wildman–Crippen MR) is 142 cm³/mol. The van der Waals surface area contributed by atoms with Gasteiger partial charge in [-0.25, -0.2) is 28.7 Å². The number of hydrogen-bond donors (Lipinski definition) is 1. The van der Waals surface area contributed by atoms with Crippen molar-refractivity contribution in [3.05, 3.63) is 54.1 Å². The maximum Gasteiger partial charge on any atom is 0.229 e. The zero-order valence-electron chi connectivity index (χ0n) is 21.8. The molecule has 0 bridgehead atoms. The van der Waals surface area contributed by atoms with Crippen molar-refractivity contribution >= 4 is 28.5 Å². The first kappa shape index (κ1) is 25.0. The summed E-state index contributed by atoms with van der Waals surface area (Å²) in [6.07, 6.45) is 2.90. The van der Waals surface area contributed by atoms with Crippen LogP contribution in [0.2, 0.25) is 0 Å². The average molecular weight is 507 g/mol. The molecule has 37 heavy (non-hydrogen) atoms. The molecule has 3 aromatic heterocycles. The lowest BCUT2D eigenvalue weighted by atomic mass is 10.1. The highest BCUT2D eigenvalue weighted by Crippen LogP contribution is 2.30. The molecule has 5 rings (SSSR count). The lowest BCUT2D eigenvalue weighted by molar-refractivity contribution is 0.209. The van der Waals surface area contributed by atoms with Crippen LogP contribution < -0.4 is 10.2 Å². The Kier molecular flexibility index (Phi) is 6.76. The number of aromatic nitrogens is 5. The summed E-state index contributed by atoms with van der Waals surface area (Å²) in [5, 5.41) is 3.04. The first-order valence-electron chi connectivity index (χ1n) is 12.6. The average Bonchev–Trinajstić information content (AvgIpc) is 3.22. The SMILES string of the molecule is Cc1nc2c(F)cc(-c3nc(Nc4ccc(N5CCN(C(C)C)CC5)cn4)ncc3F)cc2n1C(C)C. The van der Waals surface area contributed by atoms with Crippen LogP contribution in [0, 0.1) is 18.6 Å². The number of hydrogen-bond acceptors (Lipinski definition) is 7. The van der Waals surface area contributed by atoms with Gasteiger partial charge in [-0.3, -0.25) is 4.90 Å². The van der Waals surface area contributed by atoms with E-state index < -0.39 is 11.6 Å². The molecule has 4 aromatic rings. The number of fused-ring (bicyclic) bond motifs is 1. The second-order valence-corrected chi connectivity index (χ2v) is 9.98. The molecule has 1 aromatic carbocycles. The molecule has 0 aliphatic carbocycles. The van der Waals surface area contributed by atoms with E-state index in [4.69, 9.17) is 0 Å². The van der Waals surface area contributed by atoms with Crippen molar-refractivity contribution in [2.45, 2.75) is 46.7 Å². The topological polar surface area (TPSA) is 75.0 Å². The normalized spacial score (nSPS) is 14.8. The van der Waals surface area contributed by atoms with Crippen molar-refractivity contribution in [1.82, 2.24) is 29.4 Å². The van der Waals surface area contributed by atoms with E-state index in [1.807, 2.05) is 43.7 Å². The Morgan fingerprint density at radius 3 is 2.27 bits per heavy atom. The molecule has 194 valence electrons. The van der Waals surface area contributed by atoms with Gasteiger partial charge in [-0.1, -0.05) is 0 Å². The third-order valence-corrected chi connectivity index (χ3v) is 6.86. The Labute approximate surface area is 215 Å². The molecule has 1 N–H and O–H groups in total. The lowest BCUT2D eigenvalue weighted by Gasteiger charge is -2.38. The predicted octanol–water partition coefficient (Wildman–Crippen LogP) is 5.33. The van der Waals surface area contributed by atoms with E-state index in [2.05, 4.69) is 48.9 Å². The maximum atomic E-state index is 14.9. The minimum Gasteiger partial charge on any atom is -0.368 e. The zero-order chi connectivity index (χ0) is 26.3. The van der Waals surface area contributed by atoms with E-state index in [1.165, 1.54) is 6.07 Å². The van der Waals surface area contributed by atoms with E-state index in [-0.39, 0.29) is 23.2 Å². The van der Waals surface area contributed by atoms with Gasteiger partial charge >= 0.3 is 0 Å². The summed E-state index contributed by atoms with van der Waals surface area (Å²) in [6.45, 7) is 14.2. The van der Waals surface area contributed by atoms with Crippen LogP contribution in [0.4, 0.5) is 26.2 Å². The van der Waals surface area contributed by atoms with Crippen LogP contribution in [0.3, 0.4) is 0 Å². The number of nitrogens with zero attached hydrogens (tertiary/aromatic N) is 7. The summed E-state index contributed by atoms with van der Waals surface area (Å²) >= 11 is 0. The minimum atomic E-state index is -0.638. The molecule has 0 amide bonds. The number of rotatable bonds is 6. The summed E-state index contributed by atoms with van der Waals surface area (Å²) < 4.78 is 31.7. The Hall–Kier alpha value is -3.66. The highest BCUT2D eigenvalue weighted by atomic mass is 19.1. The van der Waals surface area contributed by atoms with E-state index in [9.17, 15) is 8.78 Å². The summed E-state index contributed by atoms with van der Waals surface area (Å²) in [5.74, 6) is 0.255. The number of nitrogens with one attached hydrogen (secondary N) is 1. The first-order chi connectivity index (χ1) is 17.7. The van der Waals surface area contributed by atoms with E-state index in [1.54, 1.807) is 6.07 Å². The number of imidazole rings is 1. The molecular formula is C27H32F2N8. The van der Waals surface area contributed by atoms with Gasteiger partial charge in [0, 0.05) is 43.8 Å². The molecule has 0 unspecified atom stereocenters. The number of anilines is 3. The quantitative estimate of drug-likeness (QED) is 0.379. The summed E-state index contributed by atoms with van der Waals surface area (Å²) in [5.41, 5.74) is 2.24. The standard InChI is InChI=1S/C27H32F2N8/c1-16(2)35-8-10-36(11-9-35)20-6-7-24(30-14-20)33-27-31-15-22(29)25(34-27)19-12-21(28)26-23(13-19)37(17(3)4)18(5)32-26/h6-7,12-17H,8-11H2,1-5H3,(H,30,31,33,34). The van der Waals surface area contributed by atoms with Crippen molar-refractivity contribution in [2.75, 3.05) is 36.4 Å². The van der Waals surface area contributed by atoms with Crippen LogP contribution >= 0.6 is 0 Å². The van der Waals surface area contributed by atoms with Gasteiger partial charge in [0.2, 0.25) is 5.95 Å². The van der Waals surface area contributed by atoms with Crippen molar-refractivity contribution in [2.24, 2.45) is 0 Å². The Morgan fingerprint density at radius 2 is 1.62 bits per heavy atom. The van der Waals surface area contributed by atoms with Crippen molar-refractivity contribution in [1.29, 1.82) is 0 Å². The van der Waals surface area contributed by atoms with Gasteiger partial charge in [0.1, 0.15) is 22.9 Å². The van der Waals surface area contributed by atoms with Gasteiger partial charge in [0.25, 0.3) is 0 Å². The molecular weight excluding hydrogens is 474 g/mol. The summed E-state index contributed by atoms with van der Waals surface area (Å²) in [6, 6.07) is 7.46. The Bertz CT molecular complexity index is 1410. The van der Waals surface area contributed by atoms with Gasteiger partial charge in [-0.05, 0) is 58.9 Å². The number of benzene rings is 1. The molecule has 1 saturated heterocycles. The second-order valence-electron chi connectivity index (χ2n) is 9.98. The fraction of sp³-hybridized carbons (Fsp3) is 0.407. The van der Waals surface area contributed by atoms with Crippen LogP contribution in [-0.4, -0.2) is 61.6 Å². The van der Waals surface area contributed by atoms with Gasteiger partial charge in [0.15, 0.2) is 11.6 Å². The summed E-state index contributed by atoms with van der Waals surface area (Å²) in [7, 11) is 0. The van der Waals surface area contributed by atoms with Gasteiger partial charge in [-0.2, -0.15) is 0 Å². The van der Waals surface area contributed by atoms with E-state index in [0.717, 1.165) is 38.1 Å². The smallest absolute Gasteiger partial charge is 0.229 e. The van der Waals surface area contributed by atoms with E-state index in [0.29, 0.717) is 28.8 Å². The lowest BCUT2D eigenvalue weighted by Crippen LogP contribution is -2.48. The summed E-state index contributed by atoms with van der Waals surface area (Å²) in [4.78, 5) is 22.1. The van der Waals surface area contributed by atoms with E-state index >= 15 is 0 Å². The molecule has 0 radical (unpaired) electrons. The third-order valence-electron chi connectivity index (χ3n) is 6.86. The van der Waals surface area contributed by atoms with Gasteiger partial charge < -0.3 is 14.8 Å². The highest BCUT2D eigenvalue weighted by Gasteiger charge is 2.20. The van der Waals surface area contributed by atoms with Gasteiger partial charge in [-0.15, -0.1) is 0 Å². The molecule has 10 heteroatoms. The molecule has 1 aliphatic rings. The molecule has 0 saturated carbocycles. The van der Waals surface area contributed by atoms with Crippen LogP contribution in [-0.2, 0) is 0 Å². The molecule has 1 fully saturated rings. The van der Waals surface area contributed by atoms with Crippen LogP contribution in [0.5, 0.6) is 0 Å². The fourth-order valence-corrected chi connectivity index (χ4v) is 4.95. The van der Waals surface area contributed by atoms with Crippen molar-refractivity contribution in [3.8, 4) is 11.3 Å². The Balaban J connectivity index is 1.38. The van der Waals surface area contributed by atoms with Crippen LogP contribution in [0.1, 0.15) is 39.6 Å². The molecule has 0 spiro atoms. The third kappa shape index (κ3) is 4.98. The number of aryl methyl sites for hydroxylation is 1. The maximum absolute atomic E-state index is 14.9. The number of pyridine rings is 1. The van der Waals surface area contributed by atoms with Crippen molar-refractivity contribution in [3.63, 3.8) is 0 Å². The molecule has 0 atom stereocenters.